The van der Waals surface area contributed by atoms with Gasteiger partial charge in [-0.25, -0.2) is 4.98 Å². The molecule has 0 unspecified atom stereocenters. The fourth-order valence-corrected chi connectivity index (χ4v) is 2.87. The van der Waals surface area contributed by atoms with Gasteiger partial charge in [0.15, 0.2) is 0 Å². The van der Waals surface area contributed by atoms with Gasteiger partial charge in [-0.1, -0.05) is 36.0 Å². The van der Waals surface area contributed by atoms with E-state index in [2.05, 4.69) is 4.98 Å². The van der Waals surface area contributed by atoms with E-state index in [1.165, 1.54) is 11.8 Å². The first-order chi connectivity index (χ1) is 11.3. The van der Waals surface area contributed by atoms with E-state index in [0.717, 1.165) is 16.5 Å². The molecule has 3 aromatic rings. The number of nitrogens with zero attached hydrogens (tertiary/aromatic N) is 2. The molecule has 0 saturated carbocycles. The third-order valence-electron chi connectivity index (χ3n) is 3.24. The molecule has 0 saturated heterocycles. The van der Waals surface area contributed by atoms with Crippen LogP contribution in [0.2, 0.25) is 0 Å². The van der Waals surface area contributed by atoms with Crippen molar-refractivity contribution in [1.82, 2.24) is 4.98 Å². The summed E-state index contributed by atoms with van der Waals surface area (Å²) < 4.78 is 5.39. The molecule has 116 valence electrons. The number of benzene rings is 1. The number of hydrogen-bond donors (Lipinski definition) is 0. The molecule has 1 amide bonds. The molecule has 0 radical (unpaired) electrons. The average molecular weight is 324 g/mol. The third-order valence-corrected chi connectivity index (χ3v) is 4.17. The average Bonchev–Trinajstić information content (AvgIpc) is 3.12. The molecule has 23 heavy (non-hydrogen) atoms. The molecule has 3 rings (SSSR count). The van der Waals surface area contributed by atoms with Gasteiger partial charge in [0.1, 0.15) is 5.76 Å². The fourth-order valence-electron chi connectivity index (χ4n) is 2.14. The van der Waals surface area contributed by atoms with Crippen LogP contribution < -0.4 is 4.90 Å². The smallest absolute Gasteiger partial charge is 0.237 e. The van der Waals surface area contributed by atoms with Crippen LogP contribution in [0.1, 0.15) is 5.76 Å². The highest BCUT2D eigenvalue weighted by molar-refractivity contribution is 7.99. The van der Waals surface area contributed by atoms with E-state index in [4.69, 9.17) is 4.42 Å². The number of carbonyl (C=O) groups excluding carboxylic acids is 1. The normalized spacial score (nSPS) is 10.4. The van der Waals surface area contributed by atoms with Crippen molar-refractivity contribution in [2.24, 2.45) is 0 Å². The van der Waals surface area contributed by atoms with Gasteiger partial charge in [0, 0.05) is 11.9 Å². The lowest BCUT2D eigenvalue weighted by atomic mass is 10.2. The first kappa shape index (κ1) is 15.4. The van der Waals surface area contributed by atoms with Crippen LogP contribution in [0.5, 0.6) is 0 Å². The molecule has 0 aliphatic rings. The summed E-state index contributed by atoms with van der Waals surface area (Å²) in [5, 5.41) is 0.840. The van der Waals surface area contributed by atoms with Crippen LogP contribution in [0.4, 0.5) is 5.69 Å². The van der Waals surface area contributed by atoms with Gasteiger partial charge in [0.2, 0.25) is 5.91 Å². The summed E-state index contributed by atoms with van der Waals surface area (Å²) in [5.41, 5.74) is 0.857. The topological polar surface area (TPSA) is 46.3 Å². The van der Waals surface area contributed by atoms with Gasteiger partial charge in [-0.05, 0) is 36.4 Å². The summed E-state index contributed by atoms with van der Waals surface area (Å²) in [6.07, 6.45) is 3.34. The molecule has 0 atom stereocenters. The summed E-state index contributed by atoms with van der Waals surface area (Å²) in [4.78, 5) is 18.6. The number of pyridine rings is 1. The Morgan fingerprint density at radius 2 is 1.87 bits per heavy atom. The van der Waals surface area contributed by atoms with Crippen LogP contribution in [0.15, 0.2) is 82.6 Å². The quantitative estimate of drug-likeness (QED) is 0.643. The predicted octanol–water partition coefficient (Wildman–Crippen LogP) is 4.00. The molecule has 0 fully saturated rings. The second-order valence-corrected chi connectivity index (χ2v) is 5.85. The van der Waals surface area contributed by atoms with E-state index in [1.54, 1.807) is 17.4 Å². The molecule has 4 nitrogen and oxygen atoms in total. The van der Waals surface area contributed by atoms with Crippen molar-refractivity contribution < 1.29 is 9.21 Å². The number of anilines is 1. The Morgan fingerprint density at radius 1 is 1.04 bits per heavy atom. The highest BCUT2D eigenvalue weighted by Gasteiger charge is 2.17. The van der Waals surface area contributed by atoms with Gasteiger partial charge in [0.25, 0.3) is 0 Å². The van der Waals surface area contributed by atoms with Crippen LogP contribution in [-0.4, -0.2) is 16.6 Å². The molecule has 0 aliphatic heterocycles. The number of amides is 1. The molecule has 0 spiro atoms. The number of para-hydroxylation sites is 1. The first-order valence-electron chi connectivity index (χ1n) is 7.24. The zero-order valence-electron chi connectivity index (χ0n) is 12.5. The van der Waals surface area contributed by atoms with E-state index in [9.17, 15) is 4.79 Å². The van der Waals surface area contributed by atoms with E-state index in [1.807, 2.05) is 60.7 Å². The maximum Gasteiger partial charge on any atom is 0.237 e. The van der Waals surface area contributed by atoms with E-state index < -0.39 is 0 Å². The molecule has 2 aromatic heterocycles. The lowest BCUT2D eigenvalue weighted by Gasteiger charge is -2.21. The summed E-state index contributed by atoms with van der Waals surface area (Å²) in [6, 6.07) is 19.0. The largest absolute Gasteiger partial charge is 0.467 e. The number of aromatic nitrogens is 1. The van der Waals surface area contributed by atoms with Crippen molar-refractivity contribution in [1.29, 1.82) is 0 Å². The predicted molar refractivity (Wildman–Crippen MR) is 91.3 cm³/mol. The molecule has 0 aliphatic carbocycles. The van der Waals surface area contributed by atoms with Gasteiger partial charge < -0.3 is 9.32 Å². The van der Waals surface area contributed by atoms with Crippen molar-refractivity contribution in [3.63, 3.8) is 0 Å². The minimum atomic E-state index is 0.0169. The number of rotatable bonds is 6. The van der Waals surface area contributed by atoms with Gasteiger partial charge in [-0.2, -0.15) is 0 Å². The zero-order valence-corrected chi connectivity index (χ0v) is 13.3. The Labute approximate surface area is 139 Å². The van der Waals surface area contributed by atoms with Crippen molar-refractivity contribution in [2.75, 3.05) is 10.7 Å². The van der Waals surface area contributed by atoms with E-state index in [-0.39, 0.29) is 5.91 Å². The second kappa shape index (κ2) is 7.65. The van der Waals surface area contributed by atoms with Crippen LogP contribution >= 0.6 is 11.8 Å². The number of thioether (sulfide) groups is 1. The summed E-state index contributed by atoms with van der Waals surface area (Å²) >= 11 is 1.43. The van der Waals surface area contributed by atoms with Crippen molar-refractivity contribution >= 4 is 23.4 Å². The van der Waals surface area contributed by atoms with E-state index >= 15 is 0 Å². The van der Waals surface area contributed by atoms with Gasteiger partial charge in [0.05, 0.1) is 23.6 Å². The summed E-state index contributed by atoms with van der Waals surface area (Å²) in [5.74, 6) is 1.10. The highest BCUT2D eigenvalue weighted by Crippen LogP contribution is 2.21. The fraction of sp³-hybridized carbons (Fsp3) is 0.111. The Balaban J connectivity index is 1.73. The number of hydrogen-bond acceptors (Lipinski definition) is 4. The Bertz CT molecular complexity index is 730. The van der Waals surface area contributed by atoms with Gasteiger partial charge in [-0.15, -0.1) is 0 Å². The highest BCUT2D eigenvalue weighted by atomic mass is 32.2. The minimum absolute atomic E-state index is 0.0169. The standard InChI is InChI=1S/C18H16N2O2S/c21-18(14-23-17-10-4-5-11-19-17)20(13-16-9-6-12-22-16)15-7-2-1-3-8-15/h1-12H,13-14H2. The van der Waals surface area contributed by atoms with Gasteiger partial charge in [-0.3, -0.25) is 4.79 Å². The third kappa shape index (κ3) is 4.23. The molecule has 0 bridgehead atoms. The molecular formula is C18H16N2O2S. The molecule has 5 heteroatoms. The molecular weight excluding hydrogens is 308 g/mol. The Kier molecular flexibility index (Phi) is 5.11. The Hall–Kier alpha value is -2.53. The van der Waals surface area contributed by atoms with Crippen LogP contribution in [0.3, 0.4) is 0 Å². The van der Waals surface area contributed by atoms with Crippen molar-refractivity contribution in [2.45, 2.75) is 11.6 Å². The van der Waals surface area contributed by atoms with Crippen molar-refractivity contribution in [3.05, 3.63) is 78.9 Å². The maximum absolute atomic E-state index is 12.7. The molecule has 2 heterocycles. The minimum Gasteiger partial charge on any atom is -0.467 e. The van der Waals surface area contributed by atoms with Crippen LogP contribution in [-0.2, 0) is 11.3 Å². The number of carbonyl (C=O) groups is 1. The SMILES string of the molecule is O=C(CSc1ccccn1)N(Cc1ccco1)c1ccccc1. The maximum atomic E-state index is 12.7. The summed E-state index contributed by atoms with van der Waals surface area (Å²) in [7, 11) is 0. The second-order valence-electron chi connectivity index (χ2n) is 4.85. The van der Waals surface area contributed by atoms with Crippen LogP contribution in [0.25, 0.3) is 0 Å². The van der Waals surface area contributed by atoms with E-state index in [0.29, 0.717) is 12.3 Å². The lowest BCUT2D eigenvalue weighted by molar-refractivity contribution is -0.116. The van der Waals surface area contributed by atoms with Gasteiger partial charge >= 0.3 is 0 Å². The van der Waals surface area contributed by atoms with Crippen molar-refractivity contribution in [3.8, 4) is 0 Å². The lowest BCUT2D eigenvalue weighted by Crippen LogP contribution is -2.31. The number of furan rings is 1. The monoisotopic (exact) mass is 324 g/mol. The summed E-state index contributed by atoms with van der Waals surface area (Å²) in [6.45, 7) is 0.415. The zero-order chi connectivity index (χ0) is 15.9. The molecule has 0 N–H and O–H groups in total. The van der Waals surface area contributed by atoms with Crippen LogP contribution in [0, 0.1) is 0 Å². The molecule has 1 aromatic carbocycles. The Morgan fingerprint density at radius 3 is 2.57 bits per heavy atom. The first-order valence-corrected chi connectivity index (χ1v) is 8.23.